The molecule has 0 spiro atoms. The Balaban J connectivity index is 1.66. The summed E-state index contributed by atoms with van der Waals surface area (Å²) in [6, 6.07) is 12.3. The summed E-state index contributed by atoms with van der Waals surface area (Å²) in [5, 5.41) is 15.6. The van der Waals surface area contributed by atoms with E-state index in [1.807, 2.05) is 12.1 Å². The molecule has 0 aliphatic carbocycles. The van der Waals surface area contributed by atoms with Crippen molar-refractivity contribution in [1.29, 1.82) is 0 Å². The molecule has 0 bridgehead atoms. The fraction of sp³-hybridized carbons (Fsp3) is 0.316. The van der Waals surface area contributed by atoms with Crippen LogP contribution in [0.2, 0.25) is 0 Å². The number of aliphatic hydroxyl groups is 1. The Bertz CT molecular complexity index is 698. The molecule has 1 fully saturated rings. The third-order valence-electron chi connectivity index (χ3n) is 4.23. The van der Waals surface area contributed by atoms with Crippen LogP contribution in [0.3, 0.4) is 0 Å². The van der Waals surface area contributed by atoms with Crippen LogP contribution in [0.1, 0.15) is 33.6 Å². The second kappa shape index (κ2) is 8.20. The second-order valence-corrected chi connectivity index (χ2v) is 5.95. The Labute approximate surface area is 145 Å². The predicted octanol–water partition coefficient (Wildman–Crippen LogP) is 1.95. The molecule has 132 valence electrons. The van der Waals surface area contributed by atoms with Crippen LogP contribution in [-0.4, -0.2) is 37.3 Å². The van der Waals surface area contributed by atoms with E-state index in [2.05, 4.69) is 10.6 Å². The predicted molar refractivity (Wildman–Crippen MR) is 91.7 cm³/mol. The molecule has 1 aliphatic rings. The van der Waals surface area contributed by atoms with Crippen LogP contribution in [0.15, 0.2) is 48.5 Å². The van der Waals surface area contributed by atoms with E-state index in [-0.39, 0.29) is 24.4 Å². The first-order chi connectivity index (χ1) is 12.2. The van der Waals surface area contributed by atoms with Gasteiger partial charge in [-0.15, -0.1) is 0 Å². The highest BCUT2D eigenvalue weighted by Gasteiger charge is 2.18. The minimum atomic E-state index is -0.585. The number of aliphatic hydroxyl groups excluding tert-OH is 1. The van der Waals surface area contributed by atoms with Gasteiger partial charge in [-0.2, -0.15) is 0 Å². The zero-order chi connectivity index (χ0) is 17.6. The molecule has 0 saturated carbocycles. The van der Waals surface area contributed by atoms with Gasteiger partial charge in [0.1, 0.15) is 5.82 Å². The average molecular weight is 344 g/mol. The van der Waals surface area contributed by atoms with E-state index < -0.39 is 6.04 Å². The van der Waals surface area contributed by atoms with Crippen LogP contribution in [0.4, 0.5) is 4.39 Å². The van der Waals surface area contributed by atoms with E-state index in [1.165, 1.54) is 12.1 Å². The summed E-state index contributed by atoms with van der Waals surface area (Å²) in [6.07, 6.45) is -0.00438. The van der Waals surface area contributed by atoms with Gasteiger partial charge < -0.3 is 20.5 Å². The molecule has 1 saturated heterocycles. The molecular weight excluding hydrogens is 323 g/mol. The maximum absolute atomic E-state index is 13.0. The molecule has 0 aromatic heterocycles. The Morgan fingerprint density at radius 1 is 1.24 bits per heavy atom. The first-order valence-electron chi connectivity index (χ1n) is 8.27. The molecule has 0 radical (unpaired) electrons. The maximum Gasteiger partial charge on any atom is 0.251 e. The van der Waals surface area contributed by atoms with Crippen molar-refractivity contribution >= 4 is 5.91 Å². The summed E-state index contributed by atoms with van der Waals surface area (Å²) in [4.78, 5) is 12.4. The lowest BCUT2D eigenvalue weighted by Gasteiger charge is -2.24. The topological polar surface area (TPSA) is 70.6 Å². The van der Waals surface area contributed by atoms with Crippen molar-refractivity contribution in [3.8, 4) is 0 Å². The molecule has 1 unspecified atom stereocenters. The van der Waals surface area contributed by atoms with E-state index in [0.717, 1.165) is 18.7 Å². The highest BCUT2D eigenvalue weighted by atomic mass is 19.1. The van der Waals surface area contributed by atoms with Gasteiger partial charge in [0.2, 0.25) is 0 Å². The maximum atomic E-state index is 13.0. The molecule has 1 amide bonds. The Kier molecular flexibility index (Phi) is 5.75. The number of carbonyl (C=O) groups excluding carboxylic acids is 1. The number of hydrogen-bond acceptors (Lipinski definition) is 4. The molecule has 2 aromatic carbocycles. The molecule has 2 atom stereocenters. The van der Waals surface area contributed by atoms with Gasteiger partial charge in [-0.1, -0.05) is 24.3 Å². The highest BCUT2D eigenvalue weighted by Crippen LogP contribution is 2.20. The number of amides is 1. The first kappa shape index (κ1) is 17.5. The number of halogens is 1. The van der Waals surface area contributed by atoms with Gasteiger partial charge in [0, 0.05) is 18.7 Å². The molecule has 1 aliphatic heterocycles. The zero-order valence-electron chi connectivity index (χ0n) is 13.7. The lowest BCUT2D eigenvalue weighted by molar-refractivity contribution is 0.0277. The summed E-state index contributed by atoms with van der Waals surface area (Å²) < 4.78 is 18.7. The number of benzene rings is 2. The lowest BCUT2D eigenvalue weighted by atomic mass is 10.0. The van der Waals surface area contributed by atoms with Crippen molar-refractivity contribution in [3.05, 3.63) is 71.0 Å². The van der Waals surface area contributed by atoms with Crippen LogP contribution in [0.25, 0.3) is 0 Å². The van der Waals surface area contributed by atoms with Crippen molar-refractivity contribution in [3.63, 3.8) is 0 Å². The van der Waals surface area contributed by atoms with E-state index in [0.29, 0.717) is 17.7 Å². The Hall–Kier alpha value is -2.28. The monoisotopic (exact) mass is 344 g/mol. The molecule has 5 nitrogen and oxygen atoms in total. The van der Waals surface area contributed by atoms with Crippen LogP contribution in [0, 0.1) is 5.82 Å². The standard InChI is InChI=1S/C19H21FN2O3/c20-16-7-5-13(6-8-16)17(12-23)22-19(24)15-3-1-14(2-4-15)18-11-21-9-10-25-18/h1-8,17-18,21,23H,9-12H2,(H,22,24)/t17-,18?/m0/s1. The fourth-order valence-corrected chi connectivity index (χ4v) is 2.80. The van der Waals surface area contributed by atoms with E-state index in [4.69, 9.17) is 4.74 Å². The van der Waals surface area contributed by atoms with Gasteiger partial charge in [0.25, 0.3) is 5.91 Å². The van der Waals surface area contributed by atoms with Gasteiger partial charge >= 0.3 is 0 Å². The van der Waals surface area contributed by atoms with Crippen molar-refractivity contribution in [2.24, 2.45) is 0 Å². The fourth-order valence-electron chi connectivity index (χ4n) is 2.80. The number of morpholine rings is 1. The molecular formula is C19H21FN2O3. The normalized spacial score (nSPS) is 18.6. The van der Waals surface area contributed by atoms with Gasteiger partial charge in [-0.05, 0) is 35.4 Å². The third kappa shape index (κ3) is 4.42. The van der Waals surface area contributed by atoms with Crippen molar-refractivity contribution in [2.45, 2.75) is 12.1 Å². The summed E-state index contributed by atoms with van der Waals surface area (Å²) in [5.41, 5.74) is 2.16. The molecule has 25 heavy (non-hydrogen) atoms. The second-order valence-electron chi connectivity index (χ2n) is 5.95. The van der Waals surface area contributed by atoms with Crippen molar-refractivity contribution in [2.75, 3.05) is 26.3 Å². The lowest BCUT2D eigenvalue weighted by Crippen LogP contribution is -2.33. The van der Waals surface area contributed by atoms with Crippen LogP contribution >= 0.6 is 0 Å². The van der Waals surface area contributed by atoms with Gasteiger partial charge in [0.05, 0.1) is 25.4 Å². The highest BCUT2D eigenvalue weighted by molar-refractivity contribution is 5.94. The number of hydrogen-bond donors (Lipinski definition) is 3. The van der Waals surface area contributed by atoms with Crippen molar-refractivity contribution < 1.29 is 19.0 Å². The summed E-state index contributed by atoms with van der Waals surface area (Å²) >= 11 is 0. The quantitative estimate of drug-likeness (QED) is 0.775. The number of nitrogens with one attached hydrogen (secondary N) is 2. The smallest absolute Gasteiger partial charge is 0.251 e. The molecule has 6 heteroatoms. The molecule has 2 aromatic rings. The summed E-state index contributed by atoms with van der Waals surface area (Å²) in [6.45, 7) is 2.01. The van der Waals surface area contributed by atoms with Crippen LogP contribution in [0.5, 0.6) is 0 Å². The molecule has 1 heterocycles. The van der Waals surface area contributed by atoms with Crippen molar-refractivity contribution in [1.82, 2.24) is 10.6 Å². The SMILES string of the molecule is O=C(N[C@@H](CO)c1ccc(F)cc1)c1ccc(C2CNCCO2)cc1. The van der Waals surface area contributed by atoms with Crippen LogP contribution in [-0.2, 0) is 4.74 Å². The summed E-state index contributed by atoms with van der Waals surface area (Å²) in [5.74, 6) is -0.653. The molecule has 3 rings (SSSR count). The van der Waals surface area contributed by atoms with E-state index >= 15 is 0 Å². The van der Waals surface area contributed by atoms with Gasteiger partial charge in [-0.25, -0.2) is 4.39 Å². The zero-order valence-corrected chi connectivity index (χ0v) is 13.7. The number of rotatable bonds is 5. The van der Waals surface area contributed by atoms with E-state index in [1.54, 1.807) is 24.3 Å². The van der Waals surface area contributed by atoms with E-state index in [9.17, 15) is 14.3 Å². The number of carbonyl (C=O) groups is 1. The average Bonchev–Trinajstić information content (AvgIpc) is 2.67. The Morgan fingerprint density at radius 3 is 2.56 bits per heavy atom. The van der Waals surface area contributed by atoms with Crippen LogP contribution < -0.4 is 10.6 Å². The largest absolute Gasteiger partial charge is 0.394 e. The third-order valence-corrected chi connectivity index (χ3v) is 4.23. The summed E-state index contributed by atoms with van der Waals surface area (Å²) in [7, 11) is 0. The first-order valence-corrected chi connectivity index (χ1v) is 8.27. The minimum absolute atomic E-state index is 0.00438. The molecule has 3 N–H and O–H groups in total. The Morgan fingerprint density at radius 2 is 1.96 bits per heavy atom. The van der Waals surface area contributed by atoms with Gasteiger partial charge in [-0.3, -0.25) is 4.79 Å². The minimum Gasteiger partial charge on any atom is -0.394 e. The number of ether oxygens (including phenoxy) is 1. The van der Waals surface area contributed by atoms with Gasteiger partial charge in [0.15, 0.2) is 0 Å².